The number of para-hydroxylation sites is 1. The summed E-state index contributed by atoms with van der Waals surface area (Å²) in [6.07, 6.45) is 6.88. The second-order valence-corrected chi connectivity index (χ2v) is 5.10. The summed E-state index contributed by atoms with van der Waals surface area (Å²) in [6.45, 7) is 2.75. The Balaban J connectivity index is 1.91. The normalized spacial score (nSPS) is 15.7. The smallest absolute Gasteiger partial charge is 0.243 e. The van der Waals surface area contributed by atoms with E-state index in [-0.39, 0.29) is 11.8 Å². The van der Waals surface area contributed by atoms with Crippen LogP contribution < -0.4 is 10.2 Å². The Morgan fingerprint density at radius 1 is 1.40 bits per heavy atom. The highest BCUT2D eigenvalue weighted by Crippen LogP contribution is 2.24. The molecule has 1 saturated carbocycles. The molecule has 0 radical (unpaired) electrons. The van der Waals surface area contributed by atoms with E-state index in [2.05, 4.69) is 17.5 Å². The molecule has 0 unspecified atom stereocenters. The van der Waals surface area contributed by atoms with Crippen molar-refractivity contribution < 1.29 is 9.53 Å². The van der Waals surface area contributed by atoms with E-state index in [1.165, 1.54) is 0 Å². The summed E-state index contributed by atoms with van der Waals surface area (Å²) in [5.41, 5.74) is 3.51. The maximum Gasteiger partial charge on any atom is 0.243 e. The minimum atomic E-state index is 0.0331. The summed E-state index contributed by atoms with van der Waals surface area (Å²) < 4.78 is 5.64. The fraction of sp³-hybridized carbons (Fsp3) is 0.500. The molecule has 0 aliphatic heterocycles. The van der Waals surface area contributed by atoms with Crippen LogP contribution in [-0.2, 0) is 4.79 Å². The van der Waals surface area contributed by atoms with E-state index in [1.54, 1.807) is 6.21 Å². The van der Waals surface area contributed by atoms with Crippen LogP contribution in [-0.4, -0.2) is 18.7 Å². The monoisotopic (exact) mass is 274 g/mol. The van der Waals surface area contributed by atoms with Gasteiger partial charge in [0.25, 0.3) is 0 Å². The van der Waals surface area contributed by atoms with Gasteiger partial charge in [-0.05, 0) is 31.4 Å². The molecule has 4 heteroatoms. The van der Waals surface area contributed by atoms with E-state index < -0.39 is 0 Å². The van der Waals surface area contributed by atoms with Crippen molar-refractivity contribution >= 4 is 12.1 Å². The largest absolute Gasteiger partial charge is 0.493 e. The molecule has 1 aliphatic carbocycles. The van der Waals surface area contributed by atoms with E-state index in [9.17, 15) is 4.79 Å². The molecular weight excluding hydrogens is 252 g/mol. The van der Waals surface area contributed by atoms with Gasteiger partial charge in [-0.25, -0.2) is 5.43 Å². The Kier molecular flexibility index (Phi) is 5.59. The predicted molar refractivity (Wildman–Crippen MR) is 79.9 cm³/mol. The lowest BCUT2D eigenvalue weighted by Gasteiger charge is -2.08. The SMILES string of the molecule is CCCOc1ccccc1C=NNC(=O)C1CCCC1. The maximum absolute atomic E-state index is 11.8. The summed E-state index contributed by atoms with van der Waals surface area (Å²) in [7, 11) is 0. The number of nitrogens with zero attached hydrogens (tertiary/aromatic N) is 1. The molecule has 108 valence electrons. The van der Waals surface area contributed by atoms with Crippen LogP contribution in [0.15, 0.2) is 29.4 Å². The molecular formula is C16H22N2O2. The third-order valence-corrected chi connectivity index (χ3v) is 3.49. The Labute approximate surface area is 120 Å². The number of benzene rings is 1. The predicted octanol–water partition coefficient (Wildman–Crippen LogP) is 3.12. The molecule has 4 nitrogen and oxygen atoms in total. The number of carbonyl (C=O) groups excluding carboxylic acids is 1. The van der Waals surface area contributed by atoms with Gasteiger partial charge in [-0.1, -0.05) is 31.9 Å². The van der Waals surface area contributed by atoms with Gasteiger partial charge < -0.3 is 4.74 Å². The van der Waals surface area contributed by atoms with Crippen molar-refractivity contribution in [2.75, 3.05) is 6.61 Å². The zero-order chi connectivity index (χ0) is 14.2. The average Bonchev–Trinajstić information content (AvgIpc) is 3.00. The second kappa shape index (κ2) is 7.68. The van der Waals surface area contributed by atoms with E-state index >= 15 is 0 Å². The van der Waals surface area contributed by atoms with Gasteiger partial charge in [0.15, 0.2) is 0 Å². The van der Waals surface area contributed by atoms with Crippen LogP contribution in [0.3, 0.4) is 0 Å². The van der Waals surface area contributed by atoms with Crippen molar-refractivity contribution in [3.05, 3.63) is 29.8 Å². The number of amides is 1. The lowest BCUT2D eigenvalue weighted by Crippen LogP contribution is -2.24. The van der Waals surface area contributed by atoms with Gasteiger partial charge >= 0.3 is 0 Å². The molecule has 2 rings (SSSR count). The third-order valence-electron chi connectivity index (χ3n) is 3.49. The highest BCUT2D eigenvalue weighted by atomic mass is 16.5. The molecule has 1 N–H and O–H groups in total. The van der Waals surface area contributed by atoms with Gasteiger partial charge in [0, 0.05) is 11.5 Å². The van der Waals surface area contributed by atoms with Crippen molar-refractivity contribution in [3.63, 3.8) is 0 Å². The average molecular weight is 274 g/mol. The summed E-state index contributed by atoms with van der Waals surface area (Å²) in [5, 5.41) is 4.05. The number of ether oxygens (including phenoxy) is 1. The second-order valence-electron chi connectivity index (χ2n) is 5.10. The molecule has 0 aromatic heterocycles. The summed E-state index contributed by atoms with van der Waals surface area (Å²) in [4.78, 5) is 11.8. The highest BCUT2D eigenvalue weighted by Gasteiger charge is 2.21. The van der Waals surface area contributed by atoms with Crippen LogP contribution in [0.2, 0.25) is 0 Å². The summed E-state index contributed by atoms with van der Waals surface area (Å²) in [5.74, 6) is 0.970. The van der Waals surface area contributed by atoms with Gasteiger partial charge in [0.05, 0.1) is 12.8 Å². The minimum absolute atomic E-state index is 0.0331. The van der Waals surface area contributed by atoms with Gasteiger partial charge in [0.1, 0.15) is 5.75 Å². The van der Waals surface area contributed by atoms with Crippen molar-refractivity contribution in [1.82, 2.24) is 5.43 Å². The molecule has 0 heterocycles. The van der Waals surface area contributed by atoms with Crippen molar-refractivity contribution in [1.29, 1.82) is 0 Å². The number of hydrazone groups is 1. The molecule has 1 fully saturated rings. The Morgan fingerprint density at radius 2 is 2.15 bits per heavy atom. The van der Waals surface area contributed by atoms with Crippen LogP contribution in [0.4, 0.5) is 0 Å². The van der Waals surface area contributed by atoms with Crippen LogP contribution in [0, 0.1) is 5.92 Å². The number of rotatable bonds is 6. The molecule has 0 spiro atoms. The highest BCUT2D eigenvalue weighted by molar-refractivity contribution is 5.85. The van der Waals surface area contributed by atoms with Gasteiger partial charge in [-0.15, -0.1) is 0 Å². The standard InChI is InChI=1S/C16H22N2O2/c1-2-11-20-15-10-6-5-9-14(15)12-17-18-16(19)13-7-3-4-8-13/h5-6,9-10,12-13H,2-4,7-8,11H2,1H3,(H,18,19). The fourth-order valence-corrected chi connectivity index (χ4v) is 2.38. The molecule has 1 aliphatic rings. The van der Waals surface area contributed by atoms with Crippen molar-refractivity contribution in [2.45, 2.75) is 39.0 Å². The molecule has 0 bridgehead atoms. The van der Waals surface area contributed by atoms with Crippen LogP contribution in [0.1, 0.15) is 44.6 Å². The van der Waals surface area contributed by atoms with E-state index in [0.717, 1.165) is 43.4 Å². The van der Waals surface area contributed by atoms with E-state index in [4.69, 9.17) is 4.74 Å². The number of carbonyl (C=O) groups is 1. The minimum Gasteiger partial charge on any atom is -0.493 e. The quantitative estimate of drug-likeness (QED) is 0.640. The lowest BCUT2D eigenvalue weighted by molar-refractivity contribution is -0.124. The first-order valence-corrected chi connectivity index (χ1v) is 7.36. The number of hydrogen-bond acceptors (Lipinski definition) is 3. The zero-order valence-electron chi connectivity index (χ0n) is 12.0. The third kappa shape index (κ3) is 4.08. The Bertz CT molecular complexity index is 465. The van der Waals surface area contributed by atoms with Crippen LogP contribution >= 0.6 is 0 Å². The van der Waals surface area contributed by atoms with Crippen molar-refractivity contribution in [3.8, 4) is 5.75 Å². The molecule has 1 amide bonds. The number of hydrogen-bond donors (Lipinski definition) is 1. The van der Waals surface area contributed by atoms with E-state index in [0.29, 0.717) is 6.61 Å². The topological polar surface area (TPSA) is 50.7 Å². The van der Waals surface area contributed by atoms with Gasteiger partial charge in [-0.2, -0.15) is 5.10 Å². The molecule has 1 aromatic carbocycles. The first-order valence-electron chi connectivity index (χ1n) is 7.36. The fourth-order valence-electron chi connectivity index (χ4n) is 2.38. The van der Waals surface area contributed by atoms with Gasteiger partial charge in [0.2, 0.25) is 5.91 Å². The lowest BCUT2D eigenvalue weighted by atomic mass is 10.1. The summed E-state index contributed by atoms with van der Waals surface area (Å²) >= 11 is 0. The molecule has 20 heavy (non-hydrogen) atoms. The molecule has 0 atom stereocenters. The maximum atomic E-state index is 11.8. The van der Waals surface area contributed by atoms with Crippen LogP contribution in [0.25, 0.3) is 0 Å². The first-order chi connectivity index (χ1) is 9.81. The molecule has 1 aromatic rings. The Morgan fingerprint density at radius 3 is 2.90 bits per heavy atom. The Hall–Kier alpha value is -1.84. The van der Waals surface area contributed by atoms with Crippen molar-refractivity contribution in [2.24, 2.45) is 11.0 Å². The molecule has 0 saturated heterocycles. The van der Waals surface area contributed by atoms with Gasteiger partial charge in [-0.3, -0.25) is 4.79 Å². The summed E-state index contributed by atoms with van der Waals surface area (Å²) in [6, 6.07) is 7.70. The van der Waals surface area contributed by atoms with Crippen LogP contribution in [0.5, 0.6) is 5.75 Å². The number of nitrogens with one attached hydrogen (secondary N) is 1. The first kappa shape index (κ1) is 14.6. The van der Waals surface area contributed by atoms with E-state index in [1.807, 2.05) is 24.3 Å². The zero-order valence-corrected chi connectivity index (χ0v) is 12.0.